The summed E-state index contributed by atoms with van der Waals surface area (Å²) < 4.78 is 11.1. The van der Waals surface area contributed by atoms with Gasteiger partial charge in [0.05, 0.1) is 19.9 Å². The SMILES string of the molecule is COc1ccc(OC)c(-n2c(O)c(C(=O)Nc3ccccc3)c(=O)[nH]c2=O)c1. The second-order valence-electron chi connectivity index (χ2n) is 5.65. The number of rotatable bonds is 5. The first-order valence-electron chi connectivity index (χ1n) is 8.13. The largest absolute Gasteiger partial charge is 0.497 e. The van der Waals surface area contributed by atoms with E-state index in [9.17, 15) is 19.5 Å². The third kappa shape index (κ3) is 3.45. The number of aromatic nitrogens is 2. The number of carbonyl (C=O) groups is 1. The van der Waals surface area contributed by atoms with Gasteiger partial charge in [0, 0.05) is 11.8 Å². The average molecular weight is 383 g/mol. The zero-order chi connectivity index (χ0) is 20.3. The van der Waals surface area contributed by atoms with Gasteiger partial charge in [0.25, 0.3) is 11.5 Å². The highest BCUT2D eigenvalue weighted by Crippen LogP contribution is 2.29. The molecule has 3 rings (SSSR count). The van der Waals surface area contributed by atoms with Crippen molar-refractivity contribution >= 4 is 11.6 Å². The van der Waals surface area contributed by atoms with Gasteiger partial charge < -0.3 is 19.9 Å². The van der Waals surface area contributed by atoms with Crippen LogP contribution in [-0.2, 0) is 0 Å². The second kappa shape index (κ2) is 7.70. The van der Waals surface area contributed by atoms with E-state index in [4.69, 9.17) is 9.47 Å². The summed E-state index contributed by atoms with van der Waals surface area (Å²) in [6.45, 7) is 0. The molecule has 1 heterocycles. The zero-order valence-electron chi connectivity index (χ0n) is 15.1. The summed E-state index contributed by atoms with van der Waals surface area (Å²) in [4.78, 5) is 39.2. The van der Waals surface area contributed by atoms with Crippen LogP contribution in [0.2, 0.25) is 0 Å². The number of amides is 1. The third-order valence-electron chi connectivity index (χ3n) is 3.97. The van der Waals surface area contributed by atoms with Crippen molar-refractivity contribution in [3.05, 3.63) is 74.9 Å². The molecule has 1 aromatic heterocycles. The van der Waals surface area contributed by atoms with Crippen molar-refractivity contribution in [3.63, 3.8) is 0 Å². The lowest BCUT2D eigenvalue weighted by Crippen LogP contribution is -2.34. The summed E-state index contributed by atoms with van der Waals surface area (Å²) in [5.74, 6) is -1.10. The number of carbonyl (C=O) groups excluding carboxylic acids is 1. The first-order valence-corrected chi connectivity index (χ1v) is 8.13. The summed E-state index contributed by atoms with van der Waals surface area (Å²) in [5.41, 5.74) is -2.06. The highest BCUT2D eigenvalue weighted by Gasteiger charge is 2.23. The van der Waals surface area contributed by atoms with Crippen molar-refractivity contribution in [2.24, 2.45) is 0 Å². The van der Waals surface area contributed by atoms with Gasteiger partial charge in [0.1, 0.15) is 11.5 Å². The molecule has 0 saturated carbocycles. The average Bonchev–Trinajstić information content (AvgIpc) is 2.68. The van der Waals surface area contributed by atoms with Crippen LogP contribution < -0.4 is 26.0 Å². The number of para-hydroxylation sites is 1. The molecule has 0 unspecified atom stereocenters. The fourth-order valence-electron chi connectivity index (χ4n) is 2.64. The summed E-state index contributed by atoms with van der Waals surface area (Å²) in [5, 5.41) is 13.1. The molecule has 0 bridgehead atoms. The van der Waals surface area contributed by atoms with Gasteiger partial charge in [0.2, 0.25) is 5.88 Å². The number of methoxy groups -OCH3 is 2. The zero-order valence-corrected chi connectivity index (χ0v) is 15.1. The maximum Gasteiger partial charge on any atom is 0.335 e. The normalized spacial score (nSPS) is 10.4. The lowest BCUT2D eigenvalue weighted by molar-refractivity contribution is 0.102. The molecule has 0 saturated heterocycles. The first-order chi connectivity index (χ1) is 13.5. The summed E-state index contributed by atoms with van der Waals surface area (Å²) in [6, 6.07) is 12.9. The van der Waals surface area contributed by atoms with E-state index in [1.807, 2.05) is 4.98 Å². The molecule has 0 aliphatic carbocycles. The Morgan fingerprint density at radius 1 is 1.07 bits per heavy atom. The van der Waals surface area contributed by atoms with E-state index in [1.54, 1.807) is 36.4 Å². The maximum atomic E-state index is 12.6. The number of nitrogens with one attached hydrogen (secondary N) is 2. The molecule has 0 aliphatic heterocycles. The van der Waals surface area contributed by atoms with Crippen molar-refractivity contribution in [2.45, 2.75) is 0 Å². The van der Waals surface area contributed by atoms with Crippen molar-refractivity contribution < 1.29 is 19.4 Å². The van der Waals surface area contributed by atoms with Crippen LogP contribution in [-0.4, -0.2) is 34.8 Å². The van der Waals surface area contributed by atoms with Gasteiger partial charge in [-0.15, -0.1) is 0 Å². The smallest absolute Gasteiger partial charge is 0.335 e. The van der Waals surface area contributed by atoms with Crippen LogP contribution in [0.4, 0.5) is 5.69 Å². The van der Waals surface area contributed by atoms with E-state index in [1.165, 1.54) is 26.4 Å². The summed E-state index contributed by atoms with van der Waals surface area (Å²) in [7, 11) is 2.81. The van der Waals surface area contributed by atoms with Gasteiger partial charge in [-0.3, -0.25) is 14.6 Å². The number of hydrogen-bond donors (Lipinski definition) is 3. The number of benzene rings is 2. The van der Waals surface area contributed by atoms with Crippen LogP contribution in [0.25, 0.3) is 5.69 Å². The Morgan fingerprint density at radius 3 is 2.43 bits per heavy atom. The number of ether oxygens (including phenoxy) is 2. The minimum Gasteiger partial charge on any atom is -0.497 e. The Balaban J connectivity index is 2.18. The molecule has 0 aliphatic rings. The van der Waals surface area contributed by atoms with Gasteiger partial charge in [-0.1, -0.05) is 18.2 Å². The highest BCUT2D eigenvalue weighted by atomic mass is 16.5. The lowest BCUT2D eigenvalue weighted by Gasteiger charge is -2.15. The van der Waals surface area contributed by atoms with Crippen molar-refractivity contribution in [2.75, 3.05) is 19.5 Å². The third-order valence-corrected chi connectivity index (χ3v) is 3.97. The molecule has 3 N–H and O–H groups in total. The predicted octanol–water partition coefficient (Wildman–Crippen LogP) is 1.50. The Morgan fingerprint density at radius 2 is 1.79 bits per heavy atom. The number of aromatic amines is 1. The van der Waals surface area contributed by atoms with Crippen molar-refractivity contribution in [1.82, 2.24) is 9.55 Å². The van der Waals surface area contributed by atoms with Gasteiger partial charge in [-0.05, 0) is 24.3 Å². The van der Waals surface area contributed by atoms with Gasteiger partial charge in [-0.2, -0.15) is 0 Å². The Kier molecular flexibility index (Phi) is 5.16. The number of aromatic hydroxyl groups is 1. The maximum absolute atomic E-state index is 12.6. The number of hydrogen-bond acceptors (Lipinski definition) is 6. The van der Waals surface area contributed by atoms with Gasteiger partial charge in [-0.25, -0.2) is 9.36 Å². The topological polar surface area (TPSA) is 123 Å². The standard InChI is InChI=1S/C19H17N3O6/c1-27-12-8-9-14(28-2)13(10-12)22-18(25)15(17(24)21-19(22)26)16(23)20-11-6-4-3-5-7-11/h3-10,25H,1-2H3,(H,20,23)(H,21,24,26). The molecule has 0 atom stereocenters. The Hall–Kier alpha value is -4.01. The lowest BCUT2D eigenvalue weighted by atomic mass is 10.2. The van der Waals surface area contributed by atoms with Crippen LogP contribution in [0.1, 0.15) is 10.4 Å². The van der Waals surface area contributed by atoms with Crippen LogP contribution in [0, 0.1) is 0 Å². The molecule has 1 amide bonds. The van der Waals surface area contributed by atoms with Crippen LogP contribution >= 0.6 is 0 Å². The molecular formula is C19H17N3O6. The van der Waals surface area contributed by atoms with Crippen LogP contribution in [0.5, 0.6) is 17.4 Å². The Bertz CT molecular complexity index is 1130. The molecule has 144 valence electrons. The molecule has 3 aromatic rings. The fourth-order valence-corrected chi connectivity index (χ4v) is 2.64. The minimum atomic E-state index is -1.02. The molecule has 0 spiro atoms. The molecule has 9 heteroatoms. The number of anilines is 1. The van der Waals surface area contributed by atoms with Crippen LogP contribution in [0.15, 0.2) is 58.1 Å². The van der Waals surface area contributed by atoms with Crippen molar-refractivity contribution in [1.29, 1.82) is 0 Å². The first kappa shape index (κ1) is 18.8. The van der Waals surface area contributed by atoms with E-state index in [0.29, 0.717) is 11.4 Å². The molecule has 2 aromatic carbocycles. The van der Waals surface area contributed by atoms with Crippen molar-refractivity contribution in [3.8, 4) is 23.1 Å². The van der Waals surface area contributed by atoms with E-state index >= 15 is 0 Å². The van der Waals surface area contributed by atoms with Gasteiger partial charge >= 0.3 is 5.69 Å². The van der Waals surface area contributed by atoms with E-state index < -0.39 is 28.6 Å². The molecule has 28 heavy (non-hydrogen) atoms. The van der Waals surface area contributed by atoms with E-state index in [0.717, 1.165) is 4.57 Å². The number of nitrogens with zero attached hydrogens (tertiary/aromatic N) is 1. The molecular weight excluding hydrogens is 366 g/mol. The molecule has 9 nitrogen and oxygen atoms in total. The fraction of sp³-hybridized carbons (Fsp3) is 0.105. The van der Waals surface area contributed by atoms with E-state index in [2.05, 4.69) is 5.32 Å². The summed E-state index contributed by atoms with van der Waals surface area (Å²) in [6.07, 6.45) is 0. The predicted molar refractivity (Wildman–Crippen MR) is 102 cm³/mol. The highest BCUT2D eigenvalue weighted by molar-refractivity contribution is 6.05. The molecule has 0 radical (unpaired) electrons. The quantitative estimate of drug-likeness (QED) is 0.614. The Labute approximate surface area is 158 Å². The van der Waals surface area contributed by atoms with Crippen LogP contribution in [0.3, 0.4) is 0 Å². The number of H-pyrrole nitrogens is 1. The minimum absolute atomic E-state index is 0.0920. The molecule has 0 fully saturated rings. The monoisotopic (exact) mass is 383 g/mol. The second-order valence-corrected chi connectivity index (χ2v) is 5.65. The van der Waals surface area contributed by atoms with Gasteiger partial charge in [0.15, 0.2) is 5.56 Å². The summed E-state index contributed by atoms with van der Waals surface area (Å²) >= 11 is 0. The van der Waals surface area contributed by atoms with E-state index in [-0.39, 0.29) is 11.4 Å².